The van der Waals surface area contributed by atoms with Crippen LogP contribution >= 0.6 is 0 Å². The first-order valence-corrected chi connectivity index (χ1v) is 7.33. The molecule has 1 unspecified atom stereocenters. The normalized spacial score (nSPS) is 18.5. The summed E-state index contributed by atoms with van der Waals surface area (Å²) in [7, 11) is 1.81. The Kier molecular flexibility index (Phi) is 3.80. The van der Waals surface area contributed by atoms with Crippen LogP contribution in [0.3, 0.4) is 0 Å². The lowest BCUT2D eigenvalue weighted by Gasteiger charge is -2.17. The first-order valence-electron chi connectivity index (χ1n) is 7.33. The van der Waals surface area contributed by atoms with Crippen LogP contribution in [0.1, 0.15) is 12.0 Å². The van der Waals surface area contributed by atoms with Crippen LogP contribution < -0.4 is 10.5 Å². The van der Waals surface area contributed by atoms with Gasteiger partial charge in [0.25, 0.3) is 5.91 Å². The van der Waals surface area contributed by atoms with Gasteiger partial charge in [0.05, 0.1) is 0 Å². The van der Waals surface area contributed by atoms with E-state index in [1.165, 1.54) is 5.39 Å². The van der Waals surface area contributed by atoms with E-state index in [-0.39, 0.29) is 12.0 Å². The van der Waals surface area contributed by atoms with Crippen LogP contribution in [0.5, 0.6) is 5.75 Å². The number of nitrogens with zero attached hydrogens (tertiary/aromatic N) is 1. The Morgan fingerprint density at radius 3 is 2.81 bits per heavy atom. The van der Waals surface area contributed by atoms with Gasteiger partial charge in [0.15, 0.2) is 6.10 Å². The monoisotopic (exact) mass is 284 g/mol. The highest BCUT2D eigenvalue weighted by Crippen LogP contribution is 2.30. The van der Waals surface area contributed by atoms with Gasteiger partial charge in [-0.1, -0.05) is 30.3 Å². The third kappa shape index (κ3) is 2.59. The summed E-state index contributed by atoms with van der Waals surface area (Å²) in [6.45, 7) is 1.31. The molecule has 1 aliphatic heterocycles. The lowest BCUT2D eigenvalue weighted by atomic mass is 10.0. The fourth-order valence-corrected chi connectivity index (χ4v) is 2.88. The van der Waals surface area contributed by atoms with Crippen LogP contribution in [0, 0.1) is 0 Å². The fourth-order valence-electron chi connectivity index (χ4n) is 2.88. The Balaban J connectivity index is 1.98. The SMILES string of the molecule is CN1CCC(Oc2ccc3ccccc3c2CCN)C1=O. The van der Waals surface area contributed by atoms with E-state index in [2.05, 4.69) is 12.1 Å². The Morgan fingerprint density at radius 1 is 1.29 bits per heavy atom. The van der Waals surface area contributed by atoms with Gasteiger partial charge >= 0.3 is 0 Å². The summed E-state index contributed by atoms with van der Waals surface area (Å²) in [6, 6.07) is 12.2. The van der Waals surface area contributed by atoms with Gasteiger partial charge in [-0.15, -0.1) is 0 Å². The van der Waals surface area contributed by atoms with E-state index in [1.54, 1.807) is 4.90 Å². The number of carbonyl (C=O) groups is 1. The molecule has 1 amide bonds. The largest absolute Gasteiger partial charge is 0.480 e. The summed E-state index contributed by atoms with van der Waals surface area (Å²) in [6.07, 6.45) is 1.12. The molecule has 1 fully saturated rings. The predicted molar refractivity (Wildman–Crippen MR) is 83.4 cm³/mol. The number of hydrogen-bond donors (Lipinski definition) is 1. The first kappa shape index (κ1) is 13.9. The maximum Gasteiger partial charge on any atom is 0.263 e. The Hall–Kier alpha value is -2.07. The second-order valence-electron chi connectivity index (χ2n) is 5.46. The maximum absolute atomic E-state index is 12.0. The highest BCUT2D eigenvalue weighted by Gasteiger charge is 2.31. The van der Waals surface area contributed by atoms with E-state index in [1.807, 2.05) is 31.3 Å². The number of fused-ring (bicyclic) bond motifs is 1. The molecule has 2 aromatic rings. The molecule has 0 bridgehead atoms. The van der Waals surface area contributed by atoms with Crippen molar-refractivity contribution in [2.24, 2.45) is 5.73 Å². The molecule has 2 N–H and O–H groups in total. The molecule has 4 nitrogen and oxygen atoms in total. The average molecular weight is 284 g/mol. The third-order valence-corrected chi connectivity index (χ3v) is 4.04. The van der Waals surface area contributed by atoms with Crippen molar-refractivity contribution in [3.8, 4) is 5.75 Å². The van der Waals surface area contributed by atoms with Gasteiger partial charge in [-0.25, -0.2) is 0 Å². The topological polar surface area (TPSA) is 55.6 Å². The fraction of sp³-hybridized carbons (Fsp3) is 0.353. The van der Waals surface area contributed by atoms with Crippen molar-refractivity contribution >= 4 is 16.7 Å². The number of nitrogens with two attached hydrogens (primary N) is 1. The van der Waals surface area contributed by atoms with Gasteiger partial charge in [-0.3, -0.25) is 4.79 Å². The van der Waals surface area contributed by atoms with Crippen molar-refractivity contribution < 1.29 is 9.53 Å². The number of amides is 1. The summed E-state index contributed by atoms with van der Waals surface area (Å²) in [5.74, 6) is 0.842. The Bertz CT molecular complexity index is 669. The van der Waals surface area contributed by atoms with Crippen molar-refractivity contribution in [1.29, 1.82) is 0 Å². The molecule has 0 spiro atoms. The zero-order valence-electron chi connectivity index (χ0n) is 12.2. The molecule has 1 heterocycles. The van der Waals surface area contributed by atoms with Crippen LogP contribution in [0.25, 0.3) is 10.8 Å². The van der Waals surface area contributed by atoms with Crippen LogP contribution in [0.15, 0.2) is 36.4 Å². The second kappa shape index (κ2) is 5.74. The number of carbonyl (C=O) groups excluding carboxylic acids is 1. The molecule has 21 heavy (non-hydrogen) atoms. The average Bonchev–Trinajstić information content (AvgIpc) is 2.82. The van der Waals surface area contributed by atoms with E-state index >= 15 is 0 Å². The molecule has 1 saturated heterocycles. The minimum absolute atomic E-state index is 0.0573. The van der Waals surface area contributed by atoms with Crippen LogP contribution in [-0.2, 0) is 11.2 Å². The number of likely N-dealkylation sites (tertiary alicyclic amines) is 1. The molecule has 1 aliphatic rings. The van der Waals surface area contributed by atoms with E-state index in [0.717, 1.165) is 36.1 Å². The van der Waals surface area contributed by atoms with Crippen LogP contribution in [-0.4, -0.2) is 37.0 Å². The Labute approximate surface area is 124 Å². The number of ether oxygens (including phenoxy) is 1. The summed E-state index contributed by atoms with van der Waals surface area (Å²) < 4.78 is 6.00. The van der Waals surface area contributed by atoms with Gasteiger partial charge in [0.1, 0.15) is 5.75 Å². The minimum Gasteiger partial charge on any atom is -0.480 e. The van der Waals surface area contributed by atoms with Crippen molar-refractivity contribution in [3.63, 3.8) is 0 Å². The first-order chi connectivity index (χ1) is 10.2. The van der Waals surface area contributed by atoms with Crippen molar-refractivity contribution in [3.05, 3.63) is 42.0 Å². The molecule has 0 radical (unpaired) electrons. The summed E-state index contributed by atoms with van der Waals surface area (Å²) in [4.78, 5) is 13.7. The van der Waals surface area contributed by atoms with Crippen molar-refractivity contribution in [2.45, 2.75) is 18.9 Å². The third-order valence-electron chi connectivity index (χ3n) is 4.04. The molecule has 110 valence electrons. The molecule has 0 saturated carbocycles. The van der Waals surface area contributed by atoms with Gasteiger partial charge in [0, 0.05) is 25.6 Å². The second-order valence-corrected chi connectivity index (χ2v) is 5.46. The van der Waals surface area contributed by atoms with E-state index in [0.29, 0.717) is 6.54 Å². The zero-order valence-corrected chi connectivity index (χ0v) is 12.2. The lowest BCUT2D eigenvalue weighted by molar-refractivity contribution is -0.132. The van der Waals surface area contributed by atoms with Gasteiger partial charge < -0.3 is 15.4 Å². The molecule has 0 aliphatic carbocycles. The smallest absolute Gasteiger partial charge is 0.263 e. The highest BCUT2D eigenvalue weighted by molar-refractivity contribution is 5.88. The molecular weight excluding hydrogens is 264 g/mol. The highest BCUT2D eigenvalue weighted by atomic mass is 16.5. The van der Waals surface area contributed by atoms with E-state index in [9.17, 15) is 4.79 Å². The zero-order chi connectivity index (χ0) is 14.8. The van der Waals surface area contributed by atoms with Crippen LogP contribution in [0.4, 0.5) is 0 Å². The predicted octanol–water partition coefficient (Wildman–Crippen LogP) is 1.95. The van der Waals surface area contributed by atoms with E-state index in [4.69, 9.17) is 10.5 Å². The van der Waals surface area contributed by atoms with E-state index < -0.39 is 0 Å². The maximum atomic E-state index is 12.0. The number of rotatable bonds is 4. The van der Waals surface area contributed by atoms with Crippen LogP contribution in [0.2, 0.25) is 0 Å². The van der Waals surface area contributed by atoms with Gasteiger partial charge in [-0.05, 0) is 29.8 Å². The summed E-state index contributed by atoms with van der Waals surface area (Å²) in [5, 5.41) is 2.32. The summed E-state index contributed by atoms with van der Waals surface area (Å²) >= 11 is 0. The molecule has 2 aromatic carbocycles. The lowest BCUT2D eigenvalue weighted by Crippen LogP contribution is -2.29. The molecule has 4 heteroatoms. The quantitative estimate of drug-likeness (QED) is 0.933. The number of hydrogen-bond acceptors (Lipinski definition) is 3. The molecular formula is C17H20N2O2. The number of benzene rings is 2. The summed E-state index contributed by atoms with van der Waals surface area (Å²) in [5.41, 5.74) is 6.84. The molecule has 1 atom stereocenters. The minimum atomic E-state index is -0.368. The standard InChI is InChI=1S/C17H20N2O2/c1-19-11-9-16(17(19)20)21-15-7-6-12-4-2-3-5-13(12)14(15)8-10-18/h2-7,16H,8-11,18H2,1H3. The van der Waals surface area contributed by atoms with Gasteiger partial charge in [-0.2, -0.15) is 0 Å². The number of likely N-dealkylation sites (N-methyl/N-ethyl adjacent to an activating group) is 1. The van der Waals surface area contributed by atoms with Crippen molar-refractivity contribution in [2.75, 3.05) is 20.1 Å². The molecule has 0 aromatic heterocycles. The van der Waals surface area contributed by atoms with Gasteiger partial charge in [0.2, 0.25) is 0 Å². The van der Waals surface area contributed by atoms with Crippen molar-refractivity contribution in [1.82, 2.24) is 4.90 Å². The Morgan fingerprint density at radius 2 is 2.10 bits per heavy atom. The molecule has 3 rings (SSSR count).